The first-order chi connectivity index (χ1) is 11.7. The van der Waals surface area contributed by atoms with Crippen molar-refractivity contribution < 1.29 is 22.8 Å². The van der Waals surface area contributed by atoms with Gasteiger partial charge >= 0.3 is 0 Å². The Morgan fingerprint density at radius 2 is 1.64 bits per heavy atom. The van der Waals surface area contributed by atoms with Gasteiger partial charge in [0.2, 0.25) is 17.7 Å². The van der Waals surface area contributed by atoms with Crippen LogP contribution < -0.4 is 10.6 Å². The molecule has 25 heavy (non-hydrogen) atoms. The van der Waals surface area contributed by atoms with Gasteiger partial charge in [-0.1, -0.05) is 0 Å². The average Bonchev–Trinajstić information content (AvgIpc) is 2.86. The first-order valence-electron chi connectivity index (χ1n) is 7.81. The van der Waals surface area contributed by atoms with Crippen molar-refractivity contribution in [3.05, 3.63) is 24.3 Å². The number of anilines is 2. The molecule has 0 aliphatic carbocycles. The van der Waals surface area contributed by atoms with E-state index in [1.54, 1.807) is 24.3 Å². The number of sulfone groups is 1. The summed E-state index contributed by atoms with van der Waals surface area (Å²) in [5.41, 5.74) is 1.12. The van der Waals surface area contributed by atoms with Crippen LogP contribution in [0.4, 0.5) is 11.4 Å². The quantitative estimate of drug-likeness (QED) is 0.792. The van der Waals surface area contributed by atoms with Gasteiger partial charge in [0.05, 0.1) is 11.5 Å². The van der Waals surface area contributed by atoms with Crippen LogP contribution >= 0.6 is 0 Å². The normalized spacial score (nSPS) is 18.4. The molecule has 3 amide bonds. The zero-order chi connectivity index (χ0) is 18.6. The summed E-state index contributed by atoms with van der Waals surface area (Å²) in [6.07, 6.45) is 0.348. The van der Waals surface area contributed by atoms with Crippen molar-refractivity contribution in [2.75, 3.05) is 28.7 Å². The maximum absolute atomic E-state index is 12.2. The number of hydrogen-bond donors (Lipinski definition) is 2. The predicted octanol–water partition coefficient (Wildman–Crippen LogP) is 0.619. The molecule has 0 spiro atoms. The zero-order valence-corrected chi connectivity index (χ0v) is 14.9. The second-order valence-electron chi connectivity index (χ2n) is 6.01. The molecule has 1 aromatic rings. The van der Waals surface area contributed by atoms with Gasteiger partial charge in [0.15, 0.2) is 9.84 Å². The summed E-state index contributed by atoms with van der Waals surface area (Å²) in [6, 6.07) is 6.07. The minimum Gasteiger partial charge on any atom is -0.330 e. The highest BCUT2D eigenvalue weighted by Gasteiger charge is 2.34. The summed E-state index contributed by atoms with van der Waals surface area (Å²) < 4.78 is 23.2. The zero-order valence-electron chi connectivity index (χ0n) is 14.1. The third kappa shape index (κ3) is 5.56. The standard InChI is InChI=1S/C16H21N3O5S/c1-11(20)17-13-3-5-14(6-4-13)18-16(22)9-19(12(2)21)15-7-8-25(23,24)10-15/h3-6,15H,7-10H2,1-2H3,(H,17,20)(H,18,22). The molecule has 8 nitrogen and oxygen atoms in total. The number of hydrogen-bond acceptors (Lipinski definition) is 5. The molecule has 2 N–H and O–H groups in total. The van der Waals surface area contributed by atoms with Crippen LogP contribution in [0, 0.1) is 0 Å². The number of amides is 3. The molecule has 0 bridgehead atoms. The van der Waals surface area contributed by atoms with E-state index in [2.05, 4.69) is 10.6 Å². The highest BCUT2D eigenvalue weighted by Crippen LogP contribution is 2.18. The van der Waals surface area contributed by atoms with E-state index in [0.717, 1.165) is 0 Å². The minimum atomic E-state index is -3.14. The van der Waals surface area contributed by atoms with Crippen LogP contribution in [-0.4, -0.2) is 55.1 Å². The molecule has 1 aliphatic heterocycles. The van der Waals surface area contributed by atoms with Crippen molar-refractivity contribution in [2.45, 2.75) is 26.3 Å². The average molecular weight is 367 g/mol. The van der Waals surface area contributed by atoms with Crippen LogP contribution in [0.2, 0.25) is 0 Å². The monoisotopic (exact) mass is 367 g/mol. The number of nitrogens with zero attached hydrogens (tertiary/aromatic N) is 1. The SMILES string of the molecule is CC(=O)Nc1ccc(NC(=O)CN(C(C)=O)C2CCS(=O)(=O)C2)cc1. The van der Waals surface area contributed by atoms with Crippen molar-refractivity contribution in [3.63, 3.8) is 0 Å². The molecule has 1 saturated heterocycles. The second-order valence-corrected chi connectivity index (χ2v) is 8.24. The molecule has 1 unspecified atom stereocenters. The summed E-state index contributed by atoms with van der Waals surface area (Å²) >= 11 is 0. The molecule has 2 rings (SSSR count). The Labute approximate surface area is 146 Å². The highest BCUT2D eigenvalue weighted by atomic mass is 32.2. The van der Waals surface area contributed by atoms with Gasteiger partial charge in [0.1, 0.15) is 6.54 Å². The van der Waals surface area contributed by atoms with E-state index in [-0.39, 0.29) is 29.9 Å². The third-order valence-corrected chi connectivity index (χ3v) is 5.61. The first-order valence-corrected chi connectivity index (χ1v) is 9.63. The van der Waals surface area contributed by atoms with Gasteiger partial charge in [-0.25, -0.2) is 8.42 Å². The molecule has 0 radical (unpaired) electrons. The lowest BCUT2D eigenvalue weighted by atomic mass is 10.2. The summed E-state index contributed by atoms with van der Waals surface area (Å²) in [4.78, 5) is 36.2. The van der Waals surface area contributed by atoms with Crippen LogP contribution in [-0.2, 0) is 24.2 Å². The maximum atomic E-state index is 12.2. The molecule has 1 atom stereocenters. The predicted molar refractivity (Wildman–Crippen MR) is 93.8 cm³/mol. The molecule has 1 aliphatic rings. The molecule has 136 valence electrons. The fourth-order valence-corrected chi connectivity index (χ4v) is 4.44. The van der Waals surface area contributed by atoms with Crippen LogP contribution in [0.3, 0.4) is 0 Å². The fraction of sp³-hybridized carbons (Fsp3) is 0.438. The number of carbonyl (C=O) groups is 3. The number of nitrogens with one attached hydrogen (secondary N) is 2. The van der Waals surface area contributed by atoms with E-state index in [1.165, 1.54) is 18.7 Å². The summed E-state index contributed by atoms with van der Waals surface area (Å²) in [7, 11) is -3.14. The van der Waals surface area contributed by atoms with E-state index in [9.17, 15) is 22.8 Å². The number of carbonyl (C=O) groups excluding carboxylic acids is 3. The van der Waals surface area contributed by atoms with E-state index < -0.39 is 21.8 Å². The smallest absolute Gasteiger partial charge is 0.244 e. The summed E-state index contributed by atoms with van der Waals surface area (Å²) in [5.74, 6) is -1.01. The van der Waals surface area contributed by atoms with Crippen LogP contribution in [0.5, 0.6) is 0 Å². The number of benzene rings is 1. The molecule has 0 saturated carbocycles. The molecular formula is C16H21N3O5S. The lowest BCUT2D eigenvalue weighted by Crippen LogP contribution is -2.44. The van der Waals surface area contributed by atoms with E-state index in [0.29, 0.717) is 17.8 Å². The van der Waals surface area contributed by atoms with Crippen LogP contribution in [0.15, 0.2) is 24.3 Å². The Morgan fingerprint density at radius 1 is 1.08 bits per heavy atom. The Balaban J connectivity index is 1.97. The topological polar surface area (TPSA) is 113 Å². The van der Waals surface area contributed by atoms with Crippen molar-refractivity contribution >= 4 is 38.9 Å². The summed E-state index contributed by atoms with van der Waals surface area (Å²) in [6.45, 7) is 2.51. The lowest BCUT2D eigenvalue weighted by molar-refractivity contribution is -0.134. The minimum absolute atomic E-state index is 0.0354. The maximum Gasteiger partial charge on any atom is 0.244 e. The lowest BCUT2D eigenvalue weighted by Gasteiger charge is -2.26. The van der Waals surface area contributed by atoms with Gasteiger partial charge in [0.25, 0.3) is 0 Å². The molecule has 9 heteroatoms. The Morgan fingerprint density at radius 3 is 2.08 bits per heavy atom. The molecule has 1 heterocycles. The Kier molecular flexibility index (Phi) is 5.78. The summed E-state index contributed by atoms with van der Waals surface area (Å²) in [5, 5.41) is 5.27. The van der Waals surface area contributed by atoms with Crippen molar-refractivity contribution in [1.29, 1.82) is 0 Å². The molecule has 1 aromatic carbocycles. The first kappa shape index (κ1) is 18.9. The third-order valence-electron chi connectivity index (χ3n) is 3.86. The Bertz CT molecular complexity index is 773. The molecule has 1 fully saturated rings. The van der Waals surface area contributed by atoms with Gasteiger partial charge in [-0.3, -0.25) is 14.4 Å². The molecular weight excluding hydrogens is 346 g/mol. The van der Waals surface area contributed by atoms with E-state index in [4.69, 9.17) is 0 Å². The fourth-order valence-electron chi connectivity index (χ4n) is 2.71. The molecule has 0 aromatic heterocycles. The van der Waals surface area contributed by atoms with E-state index >= 15 is 0 Å². The highest BCUT2D eigenvalue weighted by molar-refractivity contribution is 7.91. The van der Waals surface area contributed by atoms with Crippen LogP contribution in [0.1, 0.15) is 20.3 Å². The van der Waals surface area contributed by atoms with Crippen molar-refractivity contribution in [1.82, 2.24) is 4.90 Å². The van der Waals surface area contributed by atoms with E-state index in [1.807, 2.05) is 0 Å². The largest absolute Gasteiger partial charge is 0.330 e. The number of rotatable bonds is 5. The van der Waals surface area contributed by atoms with Gasteiger partial charge in [-0.2, -0.15) is 0 Å². The van der Waals surface area contributed by atoms with Gasteiger partial charge < -0.3 is 15.5 Å². The van der Waals surface area contributed by atoms with Gasteiger partial charge in [-0.15, -0.1) is 0 Å². The van der Waals surface area contributed by atoms with Crippen LogP contribution in [0.25, 0.3) is 0 Å². The van der Waals surface area contributed by atoms with Gasteiger partial charge in [0, 0.05) is 31.3 Å². The van der Waals surface area contributed by atoms with Gasteiger partial charge in [-0.05, 0) is 30.7 Å². The Hall–Kier alpha value is -2.42. The van der Waals surface area contributed by atoms with Crippen molar-refractivity contribution in [2.24, 2.45) is 0 Å². The van der Waals surface area contributed by atoms with Crippen molar-refractivity contribution in [3.8, 4) is 0 Å². The second kappa shape index (κ2) is 7.64.